The van der Waals surface area contributed by atoms with Gasteiger partial charge >= 0.3 is 5.97 Å². The third-order valence-electron chi connectivity index (χ3n) is 4.70. The van der Waals surface area contributed by atoms with E-state index in [1.54, 1.807) is 4.90 Å². The molecule has 6 heteroatoms. The van der Waals surface area contributed by atoms with Crippen molar-refractivity contribution in [3.05, 3.63) is 0 Å². The molecule has 0 aromatic rings. The Kier molecular flexibility index (Phi) is 4.85. The van der Waals surface area contributed by atoms with Crippen molar-refractivity contribution in [2.45, 2.75) is 57.9 Å². The summed E-state index contributed by atoms with van der Waals surface area (Å²) in [6, 6.07) is -0.00131. The van der Waals surface area contributed by atoms with Crippen LogP contribution in [0.5, 0.6) is 0 Å². The number of carboxylic acid groups (broad SMARTS) is 1. The van der Waals surface area contributed by atoms with Crippen LogP contribution in [0.3, 0.4) is 0 Å². The van der Waals surface area contributed by atoms with E-state index in [1.807, 2.05) is 0 Å². The number of rotatable bonds is 4. The molecule has 6 nitrogen and oxygen atoms in total. The number of aliphatic carboxylic acids is 1. The van der Waals surface area contributed by atoms with E-state index in [0.29, 0.717) is 25.9 Å². The minimum atomic E-state index is -0.874. The Hall–Kier alpha value is -1.59. The summed E-state index contributed by atoms with van der Waals surface area (Å²) < 4.78 is 0. The quantitative estimate of drug-likeness (QED) is 0.814. The molecule has 0 aromatic heterocycles. The second-order valence-electron chi connectivity index (χ2n) is 6.35. The number of hydrogen-bond donors (Lipinski definition) is 2. The van der Waals surface area contributed by atoms with Gasteiger partial charge in [0.25, 0.3) is 0 Å². The standard InChI is InChI=1S/C15H24N2O4/c1-11(18)16-12-5-8-17(10-12)13(19)9-15(14(20)21)6-3-2-4-7-15/h12H,2-10H2,1H3,(H,16,18)(H,20,21). The van der Waals surface area contributed by atoms with Crippen molar-refractivity contribution in [1.82, 2.24) is 10.2 Å². The molecule has 2 fully saturated rings. The van der Waals surface area contributed by atoms with Gasteiger partial charge in [0.2, 0.25) is 11.8 Å². The van der Waals surface area contributed by atoms with Gasteiger partial charge in [0.15, 0.2) is 0 Å². The molecule has 0 aromatic carbocycles. The lowest BCUT2D eigenvalue weighted by atomic mass is 9.71. The van der Waals surface area contributed by atoms with E-state index >= 15 is 0 Å². The molecule has 1 heterocycles. The van der Waals surface area contributed by atoms with Crippen molar-refractivity contribution in [2.75, 3.05) is 13.1 Å². The van der Waals surface area contributed by atoms with Crippen molar-refractivity contribution in [3.8, 4) is 0 Å². The summed E-state index contributed by atoms with van der Waals surface area (Å²) in [6.45, 7) is 2.56. The third-order valence-corrected chi connectivity index (χ3v) is 4.70. The first-order chi connectivity index (χ1) is 9.93. The Balaban J connectivity index is 1.94. The Morgan fingerprint density at radius 3 is 2.48 bits per heavy atom. The van der Waals surface area contributed by atoms with Gasteiger partial charge < -0.3 is 15.3 Å². The number of carboxylic acids is 1. The van der Waals surface area contributed by atoms with Crippen LogP contribution in [0.1, 0.15) is 51.9 Å². The van der Waals surface area contributed by atoms with Gasteiger partial charge in [0.05, 0.1) is 5.41 Å². The highest BCUT2D eigenvalue weighted by Crippen LogP contribution is 2.40. The number of nitrogens with zero attached hydrogens (tertiary/aromatic N) is 1. The molecule has 21 heavy (non-hydrogen) atoms. The van der Waals surface area contributed by atoms with Gasteiger partial charge in [-0.15, -0.1) is 0 Å². The lowest BCUT2D eigenvalue weighted by Gasteiger charge is -2.33. The minimum Gasteiger partial charge on any atom is -0.481 e. The van der Waals surface area contributed by atoms with Crippen LogP contribution in [-0.4, -0.2) is 46.9 Å². The van der Waals surface area contributed by atoms with Gasteiger partial charge in [-0.3, -0.25) is 14.4 Å². The zero-order valence-corrected chi connectivity index (χ0v) is 12.6. The molecule has 1 saturated carbocycles. The van der Waals surface area contributed by atoms with E-state index in [0.717, 1.165) is 25.7 Å². The average molecular weight is 296 g/mol. The molecule has 2 aliphatic rings. The summed E-state index contributed by atoms with van der Waals surface area (Å²) in [4.78, 5) is 36.7. The van der Waals surface area contributed by atoms with Gasteiger partial charge in [-0.2, -0.15) is 0 Å². The first-order valence-corrected chi connectivity index (χ1v) is 7.71. The fourth-order valence-electron chi connectivity index (χ4n) is 3.49. The zero-order valence-electron chi connectivity index (χ0n) is 12.6. The van der Waals surface area contributed by atoms with Crippen LogP contribution in [0.4, 0.5) is 0 Å². The van der Waals surface area contributed by atoms with Crippen LogP contribution in [0.25, 0.3) is 0 Å². The number of nitrogens with one attached hydrogen (secondary N) is 1. The molecule has 2 amide bonds. The maximum atomic E-state index is 12.4. The van der Waals surface area contributed by atoms with Crippen LogP contribution in [0.15, 0.2) is 0 Å². The molecule has 0 spiro atoms. The highest BCUT2D eigenvalue weighted by atomic mass is 16.4. The second kappa shape index (κ2) is 6.45. The number of carbonyl (C=O) groups excluding carboxylic acids is 2. The lowest BCUT2D eigenvalue weighted by Crippen LogP contribution is -2.42. The van der Waals surface area contributed by atoms with Crippen molar-refractivity contribution in [1.29, 1.82) is 0 Å². The largest absolute Gasteiger partial charge is 0.481 e. The fraction of sp³-hybridized carbons (Fsp3) is 0.800. The Morgan fingerprint density at radius 2 is 1.90 bits per heavy atom. The zero-order chi connectivity index (χ0) is 15.5. The maximum Gasteiger partial charge on any atom is 0.310 e. The van der Waals surface area contributed by atoms with Crippen LogP contribution in [-0.2, 0) is 14.4 Å². The Morgan fingerprint density at radius 1 is 1.24 bits per heavy atom. The van der Waals surface area contributed by atoms with Gasteiger partial charge in [-0.1, -0.05) is 19.3 Å². The Labute approximate surface area is 124 Å². The van der Waals surface area contributed by atoms with E-state index in [4.69, 9.17) is 0 Å². The van der Waals surface area contributed by atoms with Crippen molar-refractivity contribution < 1.29 is 19.5 Å². The maximum absolute atomic E-state index is 12.4. The van der Waals surface area contributed by atoms with Crippen LogP contribution in [0, 0.1) is 5.41 Å². The highest BCUT2D eigenvalue weighted by molar-refractivity contribution is 5.85. The molecular weight excluding hydrogens is 272 g/mol. The number of hydrogen-bond acceptors (Lipinski definition) is 3. The summed E-state index contributed by atoms with van der Waals surface area (Å²) in [7, 11) is 0. The van der Waals surface area contributed by atoms with E-state index in [2.05, 4.69) is 5.32 Å². The van der Waals surface area contributed by atoms with Gasteiger partial charge in [0, 0.05) is 32.5 Å². The van der Waals surface area contributed by atoms with Crippen LogP contribution < -0.4 is 5.32 Å². The summed E-state index contributed by atoms with van der Waals surface area (Å²) in [5.74, 6) is -1.02. The van der Waals surface area contributed by atoms with Gasteiger partial charge in [-0.25, -0.2) is 0 Å². The lowest BCUT2D eigenvalue weighted by molar-refractivity contribution is -0.155. The topological polar surface area (TPSA) is 86.7 Å². The van der Waals surface area contributed by atoms with E-state index < -0.39 is 11.4 Å². The predicted octanol–water partition coefficient (Wildman–Crippen LogP) is 1.15. The van der Waals surface area contributed by atoms with E-state index in [-0.39, 0.29) is 24.3 Å². The number of carbonyl (C=O) groups is 3. The summed E-state index contributed by atoms with van der Waals surface area (Å²) in [5.41, 5.74) is -0.874. The van der Waals surface area contributed by atoms with Crippen LogP contribution >= 0.6 is 0 Å². The first kappa shape index (κ1) is 15.8. The summed E-state index contributed by atoms with van der Waals surface area (Å²) >= 11 is 0. The Bertz CT molecular complexity index is 429. The van der Waals surface area contributed by atoms with E-state index in [1.165, 1.54) is 6.92 Å². The van der Waals surface area contributed by atoms with Crippen molar-refractivity contribution in [2.24, 2.45) is 5.41 Å². The molecule has 2 rings (SSSR count). The monoisotopic (exact) mass is 296 g/mol. The molecule has 1 aliphatic carbocycles. The number of amides is 2. The molecule has 0 bridgehead atoms. The first-order valence-electron chi connectivity index (χ1n) is 7.71. The predicted molar refractivity (Wildman–Crippen MR) is 76.6 cm³/mol. The number of likely N-dealkylation sites (tertiary alicyclic amines) is 1. The molecule has 1 atom stereocenters. The molecule has 1 unspecified atom stereocenters. The molecule has 118 valence electrons. The summed E-state index contributed by atoms with van der Waals surface area (Å²) in [6.07, 6.45) is 4.84. The molecule has 1 aliphatic heterocycles. The van der Waals surface area contributed by atoms with Crippen molar-refractivity contribution >= 4 is 17.8 Å². The second-order valence-corrected chi connectivity index (χ2v) is 6.35. The fourth-order valence-corrected chi connectivity index (χ4v) is 3.49. The highest BCUT2D eigenvalue weighted by Gasteiger charge is 2.43. The normalized spacial score (nSPS) is 24.6. The molecule has 2 N–H and O–H groups in total. The van der Waals surface area contributed by atoms with Gasteiger partial charge in [0.1, 0.15) is 0 Å². The minimum absolute atomic E-state index is 0.00131. The van der Waals surface area contributed by atoms with Crippen molar-refractivity contribution in [3.63, 3.8) is 0 Å². The molecule has 0 radical (unpaired) electrons. The smallest absolute Gasteiger partial charge is 0.310 e. The summed E-state index contributed by atoms with van der Waals surface area (Å²) in [5, 5.41) is 12.3. The van der Waals surface area contributed by atoms with Gasteiger partial charge in [-0.05, 0) is 19.3 Å². The molecule has 1 saturated heterocycles. The third kappa shape index (κ3) is 3.74. The van der Waals surface area contributed by atoms with Crippen LogP contribution in [0.2, 0.25) is 0 Å². The SMILES string of the molecule is CC(=O)NC1CCN(C(=O)CC2(C(=O)O)CCCCC2)C1. The molecular formula is C15H24N2O4. The average Bonchev–Trinajstić information content (AvgIpc) is 2.87. The van der Waals surface area contributed by atoms with E-state index in [9.17, 15) is 19.5 Å².